The number of nitrogens with zero attached hydrogens (tertiary/aromatic N) is 3. The predicted octanol–water partition coefficient (Wildman–Crippen LogP) is 0.840. The molecular formula is C11H19N3O4S2. The number of hydrogen-bond donors (Lipinski definition) is 1. The second-order valence-electron chi connectivity index (χ2n) is 5.05. The molecule has 0 unspecified atom stereocenters. The monoisotopic (exact) mass is 321 g/mol. The molecule has 0 saturated carbocycles. The summed E-state index contributed by atoms with van der Waals surface area (Å²) in [5.41, 5.74) is 0. The molecule has 0 fully saturated rings. The van der Waals surface area contributed by atoms with E-state index in [0.717, 1.165) is 11.8 Å². The molecule has 0 bridgehead atoms. The fraction of sp³-hybridized carbons (Fsp3) is 0.727. The maximum atomic E-state index is 11.8. The molecule has 1 aromatic rings. The van der Waals surface area contributed by atoms with Gasteiger partial charge in [-0.1, -0.05) is 18.7 Å². The van der Waals surface area contributed by atoms with Gasteiger partial charge in [0.15, 0.2) is 15.0 Å². The number of thioether (sulfide) groups is 1. The van der Waals surface area contributed by atoms with Crippen LogP contribution in [0, 0.1) is 0 Å². The number of carboxylic acids is 1. The van der Waals surface area contributed by atoms with Crippen molar-refractivity contribution in [3.63, 3.8) is 0 Å². The van der Waals surface area contributed by atoms with Crippen LogP contribution in [0.2, 0.25) is 0 Å². The fourth-order valence-electron chi connectivity index (χ4n) is 1.47. The summed E-state index contributed by atoms with van der Waals surface area (Å²) in [5.74, 6) is -0.444. The molecule has 0 radical (unpaired) electrons. The summed E-state index contributed by atoms with van der Waals surface area (Å²) < 4.78 is 24.3. The summed E-state index contributed by atoms with van der Waals surface area (Å²) in [4.78, 5) is 10.6. The second-order valence-corrected chi connectivity index (χ2v) is 8.64. The van der Waals surface area contributed by atoms with Crippen molar-refractivity contribution < 1.29 is 18.3 Å². The van der Waals surface area contributed by atoms with Gasteiger partial charge in [-0.25, -0.2) is 8.42 Å². The Hall–Kier alpha value is -1.09. The molecule has 0 atom stereocenters. The molecule has 1 heterocycles. The van der Waals surface area contributed by atoms with Gasteiger partial charge in [-0.3, -0.25) is 4.79 Å². The van der Waals surface area contributed by atoms with Crippen molar-refractivity contribution in [2.75, 3.05) is 12.0 Å². The van der Waals surface area contributed by atoms with Crippen molar-refractivity contribution in [2.24, 2.45) is 0 Å². The van der Waals surface area contributed by atoms with Gasteiger partial charge in [0.25, 0.3) is 0 Å². The van der Waals surface area contributed by atoms with E-state index < -0.39 is 20.6 Å². The second kappa shape index (κ2) is 6.13. The molecule has 0 aliphatic rings. The zero-order valence-electron chi connectivity index (χ0n) is 12.0. The van der Waals surface area contributed by atoms with Crippen LogP contribution in [0.1, 0.15) is 26.6 Å². The lowest BCUT2D eigenvalue weighted by molar-refractivity contribution is -0.133. The first-order valence-corrected chi connectivity index (χ1v) is 8.92. The highest BCUT2D eigenvalue weighted by molar-refractivity contribution is 7.99. The van der Waals surface area contributed by atoms with Gasteiger partial charge in [-0.2, -0.15) is 0 Å². The van der Waals surface area contributed by atoms with Gasteiger partial charge in [0, 0.05) is 19.2 Å². The number of carboxylic acid groups (broad SMARTS) is 1. The van der Waals surface area contributed by atoms with Crippen LogP contribution in [0.3, 0.4) is 0 Å². The third-order valence-electron chi connectivity index (χ3n) is 2.98. The Bertz CT molecular complexity index is 593. The minimum atomic E-state index is -3.25. The van der Waals surface area contributed by atoms with Crippen molar-refractivity contribution in [3.8, 4) is 0 Å². The number of hydrogen-bond acceptors (Lipinski definition) is 6. The van der Waals surface area contributed by atoms with Gasteiger partial charge >= 0.3 is 5.97 Å². The molecule has 0 amide bonds. The summed E-state index contributed by atoms with van der Waals surface area (Å²) in [5, 5.41) is 17.1. The largest absolute Gasteiger partial charge is 0.481 e. The van der Waals surface area contributed by atoms with Crippen LogP contribution in [-0.2, 0) is 27.6 Å². The topological polar surface area (TPSA) is 102 Å². The average Bonchev–Trinajstić information content (AvgIpc) is 2.66. The molecule has 1 rings (SSSR count). The van der Waals surface area contributed by atoms with Crippen LogP contribution in [0.5, 0.6) is 0 Å². The van der Waals surface area contributed by atoms with E-state index in [-0.39, 0.29) is 12.3 Å². The fourth-order valence-corrected chi connectivity index (χ4v) is 2.51. The highest BCUT2D eigenvalue weighted by atomic mass is 32.2. The average molecular weight is 321 g/mol. The summed E-state index contributed by atoms with van der Waals surface area (Å²) in [6.45, 7) is 5.35. The number of aryl methyl sites for hydroxylation is 1. The number of aliphatic carboxylic acids is 1. The first kappa shape index (κ1) is 17.0. The molecule has 114 valence electrons. The Balaban J connectivity index is 3.09. The van der Waals surface area contributed by atoms with Crippen molar-refractivity contribution >= 4 is 27.6 Å². The number of rotatable bonds is 7. The van der Waals surface area contributed by atoms with Crippen molar-refractivity contribution in [1.29, 1.82) is 0 Å². The van der Waals surface area contributed by atoms with Crippen molar-refractivity contribution in [1.82, 2.24) is 14.8 Å². The Kier molecular flexibility index (Phi) is 5.20. The Morgan fingerprint density at radius 1 is 1.40 bits per heavy atom. The molecule has 0 aliphatic carbocycles. The van der Waals surface area contributed by atoms with Crippen LogP contribution in [0.25, 0.3) is 0 Å². The Morgan fingerprint density at radius 2 is 2.00 bits per heavy atom. The third-order valence-corrected chi connectivity index (χ3v) is 6.07. The SMILES string of the molecule is CCc1nnc(SCC(=O)O)n1CC(C)(C)S(C)(=O)=O. The summed E-state index contributed by atoms with van der Waals surface area (Å²) in [7, 11) is -3.25. The molecule has 9 heteroatoms. The van der Waals surface area contributed by atoms with Gasteiger partial charge in [-0.05, 0) is 13.8 Å². The lowest BCUT2D eigenvalue weighted by atomic mass is 10.2. The zero-order chi connectivity index (χ0) is 15.6. The van der Waals surface area contributed by atoms with E-state index in [1.54, 1.807) is 18.4 Å². The van der Waals surface area contributed by atoms with Crippen LogP contribution in [-0.4, -0.2) is 51.0 Å². The van der Waals surface area contributed by atoms with Crippen LogP contribution < -0.4 is 0 Å². The summed E-state index contributed by atoms with van der Waals surface area (Å²) >= 11 is 1.04. The smallest absolute Gasteiger partial charge is 0.313 e. The van der Waals surface area contributed by atoms with Gasteiger partial charge < -0.3 is 9.67 Å². The van der Waals surface area contributed by atoms with E-state index in [1.807, 2.05) is 6.92 Å². The van der Waals surface area contributed by atoms with Gasteiger partial charge in [0.1, 0.15) is 5.82 Å². The molecule has 20 heavy (non-hydrogen) atoms. The summed E-state index contributed by atoms with van der Waals surface area (Å²) in [6, 6.07) is 0. The third kappa shape index (κ3) is 3.95. The number of carbonyl (C=O) groups is 1. The van der Waals surface area contributed by atoms with E-state index >= 15 is 0 Å². The molecule has 0 aliphatic heterocycles. The van der Waals surface area contributed by atoms with Gasteiger partial charge in [0.05, 0.1) is 10.5 Å². The molecule has 0 spiro atoms. The maximum Gasteiger partial charge on any atom is 0.313 e. The first-order valence-electron chi connectivity index (χ1n) is 6.04. The van der Waals surface area contributed by atoms with E-state index in [9.17, 15) is 13.2 Å². The Labute approximate surface area is 122 Å². The lowest BCUT2D eigenvalue weighted by Gasteiger charge is -2.24. The molecule has 7 nitrogen and oxygen atoms in total. The first-order chi connectivity index (χ1) is 9.08. The minimum Gasteiger partial charge on any atom is -0.481 e. The van der Waals surface area contributed by atoms with Crippen molar-refractivity contribution in [2.45, 2.75) is 43.6 Å². The molecule has 1 aromatic heterocycles. The highest BCUT2D eigenvalue weighted by Gasteiger charge is 2.32. The summed E-state index contributed by atoms with van der Waals surface area (Å²) in [6.07, 6.45) is 1.79. The number of sulfone groups is 1. The number of aromatic nitrogens is 3. The quantitative estimate of drug-likeness (QED) is 0.742. The van der Waals surface area contributed by atoms with E-state index in [1.165, 1.54) is 6.26 Å². The lowest BCUT2D eigenvalue weighted by Crippen LogP contribution is -2.36. The predicted molar refractivity (Wildman–Crippen MR) is 76.7 cm³/mol. The zero-order valence-corrected chi connectivity index (χ0v) is 13.6. The standard InChI is InChI=1S/C11H19N3O4S2/c1-5-8-12-13-10(19-6-9(15)16)14(8)7-11(2,3)20(4,17)18/h5-7H2,1-4H3,(H,15,16). The van der Waals surface area contributed by atoms with Crippen molar-refractivity contribution in [3.05, 3.63) is 5.82 Å². The van der Waals surface area contributed by atoms with Crippen LogP contribution in [0.15, 0.2) is 5.16 Å². The molecule has 0 aromatic carbocycles. The molecule has 1 N–H and O–H groups in total. The molecule has 0 saturated heterocycles. The maximum absolute atomic E-state index is 11.8. The van der Waals surface area contributed by atoms with E-state index in [4.69, 9.17) is 5.11 Å². The Morgan fingerprint density at radius 3 is 2.45 bits per heavy atom. The molecular weight excluding hydrogens is 302 g/mol. The van der Waals surface area contributed by atoms with E-state index in [0.29, 0.717) is 17.4 Å². The van der Waals surface area contributed by atoms with Crippen LogP contribution >= 0.6 is 11.8 Å². The minimum absolute atomic E-state index is 0.138. The van der Waals surface area contributed by atoms with Gasteiger partial charge in [0.2, 0.25) is 0 Å². The van der Waals surface area contributed by atoms with Gasteiger partial charge in [-0.15, -0.1) is 10.2 Å². The highest BCUT2D eigenvalue weighted by Crippen LogP contribution is 2.24. The normalized spacial score (nSPS) is 12.6. The van der Waals surface area contributed by atoms with Crippen LogP contribution in [0.4, 0.5) is 0 Å². The van der Waals surface area contributed by atoms with E-state index in [2.05, 4.69) is 10.2 Å².